The minimum atomic E-state index is -0.128. The van der Waals surface area contributed by atoms with E-state index >= 15 is 0 Å². The maximum atomic E-state index is 12.5. The largest absolute Gasteiger partial charge is 0.496 e. The lowest BCUT2D eigenvalue weighted by atomic mass is 9.96. The Hall–Kier alpha value is -3.31. The van der Waals surface area contributed by atoms with Gasteiger partial charge >= 0.3 is 0 Å². The molecule has 0 radical (unpaired) electrons. The van der Waals surface area contributed by atoms with Crippen molar-refractivity contribution in [1.82, 2.24) is 5.32 Å². The van der Waals surface area contributed by atoms with Gasteiger partial charge in [-0.1, -0.05) is 35.9 Å². The zero-order valence-corrected chi connectivity index (χ0v) is 18.9. The SMILES string of the molecule is COc1c(/C(C)=C/C(=O)NCc2cccs2)cc2c(-c3ccc(C)cc3)coc2c1C. The van der Waals surface area contributed by atoms with E-state index in [0.29, 0.717) is 6.54 Å². The van der Waals surface area contributed by atoms with Crippen LogP contribution in [0.3, 0.4) is 0 Å². The number of hydrogen-bond donors (Lipinski definition) is 1. The molecule has 0 atom stereocenters. The van der Waals surface area contributed by atoms with Gasteiger partial charge in [-0.05, 0) is 49.4 Å². The molecule has 1 amide bonds. The first-order valence-corrected chi connectivity index (χ1v) is 11.0. The second kappa shape index (κ2) is 8.82. The van der Waals surface area contributed by atoms with Crippen LogP contribution in [0.2, 0.25) is 0 Å². The molecule has 4 aromatic rings. The van der Waals surface area contributed by atoms with Gasteiger partial charge in [-0.2, -0.15) is 0 Å². The number of allylic oxidation sites excluding steroid dienone is 1. The van der Waals surface area contributed by atoms with E-state index in [1.54, 1.807) is 30.8 Å². The van der Waals surface area contributed by atoms with Crippen LogP contribution in [0.1, 0.15) is 28.5 Å². The number of nitrogens with one attached hydrogen (secondary N) is 1. The first-order valence-electron chi connectivity index (χ1n) is 10.1. The number of hydrogen-bond acceptors (Lipinski definition) is 4. The van der Waals surface area contributed by atoms with Gasteiger partial charge in [-0.25, -0.2) is 0 Å². The van der Waals surface area contributed by atoms with Gasteiger partial charge in [0, 0.05) is 33.0 Å². The monoisotopic (exact) mass is 431 g/mol. The maximum absolute atomic E-state index is 12.5. The Morgan fingerprint density at radius 1 is 1.19 bits per heavy atom. The Kier molecular flexibility index (Phi) is 5.96. The van der Waals surface area contributed by atoms with E-state index in [4.69, 9.17) is 9.15 Å². The molecule has 0 saturated carbocycles. The smallest absolute Gasteiger partial charge is 0.244 e. The number of rotatable bonds is 6. The maximum Gasteiger partial charge on any atom is 0.244 e. The minimum absolute atomic E-state index is 0.128. The molecule has 0 unspecified atom stereocenters. The predicted molar refractivity (Wildman–Crippen MR) is 127 cm³/mol. The van der Waals surface area contributed by atoms with Crippen molar-refractivity contribution in [2.24, 2.45) is 0 Å². The van der Waals surface area contributed by atoms with Gasteiger partial charge in [0.25, 0.3) is 0 Å². The van der Waals surface area contributed by atoms with Crippen molar-refractivity contribution >= 4 is 33.8 Å². The van der Waals surface area contributed by atoms with Gasteiger partial charge in [0.15, 0.2) is 0 Å². The second-order valence-corrected chi connectivity index (χ2v) is 8.63. The van der Waals surface area contributed by atoms with Crippen LogP contribution in [0.5, 0.6) is 5.75 Å². The molecule has 2 heterocycles. The lowest BCUT2D eigenvalue weighted by molar-refractivity contribution is -0.116. The van der Waals surface area contributed by atoms with E-state index in [9.17, 15) is 4.79 Å². The number of carbonyl (C=O) groups is 1. The summed E-state index contributed by atoms with van der Waals surface area (Å²) in [6.07, 6.45) is 3.42. The van der Waals surface area contributed by atoms with Gasteiger partial charge in [0.05, 0.1) is 19.9 Å². The lowest BCUT2D eigenvalue weighted by Gasteiger charge is -2.13. The van der Waals surface area contributed by atoms with Crippen molar-refractivity contribution in [2.45, 2.75) is 27.3 Å². The highest BCUT2D eigenvalue weighted by molar-refractivity contribution is 7.09. The number of ether oxygens (including phenoxy) is 1. The molecular formula is C26H25NO3S. The zero-order valence-electron chi connectivity index (χ0n) is 18.1. The van der Waals surface area contributed by atoms with E-state index in [1.165, 1.54) is 5.56 Å². The third-order valence-corrected chi connectivity index (χ3v) is 6.28. The van der Waals surface area contributed by atoms with Gasteiger partial charge in [-0.15, -0.1) is 11.3 Å². The highest BCUT2D eigenvalue weighted by Gasteiger charge is 2.18. The molecule has 31 heavy (non-hydrogen) atoms. The lowest BCUT2D eigenvalue weighted by Crippen LogP contribution is -2.20. The average molecular weight is 432 g/mol. The Morgan fingerprint density at radius 3 is 2.65 bits per heavy atom. The Labute approximate surface area is 186 Å². The summed E-state index contributed by atoms with van der Waals surface area (Å²) in [6.45, 7) is 6.51. The fraction of sp³-hybridized carbons (Fsp3) is 0.192. The van der Waals surface area contributed by atoms with E-state index in [0.717, 1.165) is 49.4 Å². The average Bonchev–Trinajstić information content (AvgIpc) is 3.43. The summed E-state index contributed by atoms with van der Waals surface area (Å²) < 4.78 is 11.6. The zero-order chi connectivity index (χ0) is 22.0. The normalized spacial score (nSPS) is 11.7. The van der Waals surface area contributed by atoms with E-state index in [2.05, 4.69) is 42.6 Å². The molecule has 4 nitrogen and oxygen atoms in total. The molecule has 0 spiro atoms. The van der Waals surface area contributed by atoms with E-state index < -0.39 is 0 Å². The van der Waals surface area contributed by atoms with Crippen molar-refractivity contribution in [3.8, 4) is 16.9 Å². The Bertz CT molecular complexity index is 1250. The molecule has 2 aromatic carbocycles. The molecule has 0 saturated heterocycles. The fourth-order valence-corrected chi connectivity index (χ4v) is 4.39. The first kappa shape index (κ1) is 20.9. The molecule has 5 heteroatoms. The molecular weight excluding hydrogens is 406 g/mol. The number of thiophene rings is 1. The number of carbonyl (C=O) groups excluding carboxylic acids is 1. The van der Waals surface area contributed by atoms with Crippen LogP contribution in [-0.4, -0.2) is 13.0 Å². The summed E-state index contributed by atoms with van der Waals surface area (Å²) in [4.78, 5) is 13.6. The molecule has 0 fully saturated rings. The Balaban J connectivity index is 1.72. The topological polar surface area (TPSA) is 51.5 Å². The quantitative estimate of drug-likeness (QED) is 0.354. The predicted octanol–water partition coefficient (Wildman–Crippen LogP) is 6.51. The standard InChI is InChI=1S/C26H25NO3S/c1-16-7-9-19(10-8-16)23-15-30-26-18(3)25(29-4)21(13-22(23)26)17(2)12-24(28)27-14-20-6-5-11-31-20/h5-13,15H,14H2,1-4H3,(H,27,28)/b17-12+. The van der Waals surface area contributed by atoms with Crippen molar-refractivity contribution in [2.75, 3.05) is 7.11 Å². The van der Waals surface area contributed by atoms with Gasteiger partial charge < -0.3 is 14.5 Å². The summed E-state index contributed by atoms with van der Waals surface area (Å²) in [5.74, 6) is 0.591. The van der Waals surface area contributed by atoms with Gasteiger partial charge in [-0.3, -0.25) is 4.79 Å². The highest BCUT2D eigenvalue weighted by Crippen LogP contribution is 2.40. The van der Waals surface area contributed by atoms with Crippen LogP contribution in [-0.2, 0) is 11.3 Å². The minimum Gasteiger partial charge on any atom is -0.496 e. The molecule has 4 rings (SSSR count). The summed E-state index contributed by atoms with van der Waals surface area (Å²) in [6, 6.07) is 14.4. The molecule has 0 aliphatic rings. The second-order valence-electron chi connectivity index (χ2n) is 7.60. The van der Waals surface area contributed by atoms with Crippen LogP contribution in [0.25, 0.3) is 27.7 Å². The first-order chi connectivity index (χ1) is 15.0. The van der Waals surface area contributed by atoms with Gasteiger partial charge in [0.1, 0.15) is 11.3 Å². The van der Waals surface area contributed by atoms with Crippen molar-refractivity contribution in [3.63, 3.8) is 0 Å². The molecule has 1 N–H and O–H groups in total. The van der Waals surface area contributed by atoms with Crippen molar-refractivity contribution in [3.05, 3.63) is 81.8 Å². The number of amides is 1. The number of methoxy groups -OCH3 is 1. The summed E-state index contributed by atoms with van der Waals surface area (Å²) in [5, 5.41) is 5.95. The van der Waals surface area contributed by atoms with Crippen LogP contribution < -0.4 is 10.1 Å². The Morgan fingerprint density at radius 2 is 1.97 bits per heavy atom. The number of benzene rings is 2. The molecule has 0 aliphatic heterocycles. The third-order valence-electron chi connectivity index (χ3n) is 5.40. The van der Waals surface area contributed by atoms with Crippen LogP contribution >= 0.6 is 11.3 Å². The van der Waals surface area contributed by atoms with E-state index in [-0.39, 0.29) is 5.91 Å². The summed E-state index contributed by atoms with van der Waals surface area (Å²) >= 11 is 1.63. The molecule has 0 bridgehead atoms. The van der Waals surface area contributed by atoms with Crippen LogP contribution in [0.4, 0.5) is 0 Å². The molecule has 2 aromatic heterocycles. The van der Waals surface area contributed by atoms with Crippen molar-refractivity contribution < 1.29 is 13.9 Å². The molecule has 158 valence electrons. The summed E-state index contributed by atoms with van der Waals surface area (Å²) in [5.41, 5.74) is 6.76. The van der Waals surface area contributed by atoms with Crippen molar-refractivity contribution in [1.29, 1.82) is 0 Å². The number of fused-ring (bicyclic) bond motifs is 1. The fourth-order valence-electron chi connectivity index (χ4n) is 3.74. The van der Waals surface area contributed by atoms with Gasteiger partial charge in [0.2, 0.25) is 5.91 Å². The highest BCUT2D eigenvalue weighted by atomic mass is 32.1. The third kappa shape index (κ3) is 4.28. The van der Waals surface area contributed by atoms with Crippen LogP contribution in [0.15, 0.2) is 64.6 Å². The molecule has 0 aliphatic carbocycles. The van der Waals surface area contributed by atoms with E-state index in [1.807, 2.05) is 31.4 Å². The number of furan rings is 1. The summed E-state index contributed by atoms with van der Waals surface area (Å²) in [7, 11) is 1.64. The van der Waals surface area contributed by atoms with Crippen LogP contribution in [0, 0.1) is 13.8 Å². The number of aryl methyl sites for hydroxylation is 2.